The molecule has 0 saturated heterocycles. The number of anilines is 1. The van der Waals surface area contributed by atoms with E-state index < -0.39 is 0 Å². The summed E-state index contributed by atoms with van der Waals surface area (Å²) in [7, 11) is 0. The number of benzene rings is 1. The van der Waals surface area contributed by atoms with Gasteiger partial charge in [0.1, 0.15) is 5.52 Å². The molecule has 4 heterocycles. The molecule has 4 N–H and O–H groups in total. The number of nitrogens with two attached hydrogens (primary N) is 1. The van der Waals surface area contributed by atoms with Gasteiger partial charge < -0.3 is 20.8 Å². The fourth-order valence-electron chi connectivity index (χ4n) is 4.03. The van der Waals surface area contributed by atoms with E-state index in [9.17, 15) is 4.79 Å². The topological polar surface area (TPSA) is 111 Å². The molecule has 0 atom stereocenters. The number of H-pyrrole nitrogens is 1. The number of nitrogens with one attached hydrogen (secondary N) is 2. The van der Waals surface area contributed by atoms with Gasteiger partial charge in [0.15, 0.2) is 11.5 Å². The Morgan fingerprint density at radius 3 is 3.00 bits per heavy atom. The van der Waals surface area contributed by atoms with Crippen molar-refractivity contribution in [3.05, 3.63) is 57.0 Å². The van der Waals surface area contributed by atoms with Gasteiger partial charge in [0.25, 0.3) is 0 Å². The first-order valence-electron chi connectivity index (χ1n) is 9.57. The summed E-state index contributed by atoms with van der Waals surface area (Å²) in [6.07, 6.45) is 6.97. The Morgan fingerprint density at radius 2 is 2.07 bits per heavy atom. The summed E-state index contributed by atoms with van der Waals surface area (Å²) in [6.45, 7) is 2.73. The molecule has 1 aromatic carbocycles. The van der Waals surface area contributed by atoms with Crippen LogP contribution >= 0.6 is 0 Å². The van der Waals surface area contributed by atoms with Crippen molar-refractivity contribution in [1.29, 1.82) is 0 Å². The van der Waals surface area contributed by atoms with Crippen molar-refractivity contribution in [2.45, 2.75) is 32.4 Å². The van der Waals surface area contributed by atoms with Crippen molar-refractivity contribution >= 4 is 17.0 Å². The highest BCUT2D eigenvalue weighted by atomic mass is 16.5. The Bertz CT molecular complexity index is 1140. The molecule has 0 radical (unpaired) electrons. The van der Waals surface area contributed by atoms with Crippen LogP contribution < -0.4 is 21.5 Å². The number of allylic oxidation sites excluding steroid dienone is 1. The highest BCUT2D eigenvalue weighted by molar-refractivity contribution is 5.82. The van der Waals surface area contributed by atoms with Crippen molar-refractivity contribution in [2.75, 3.05) is 18.9 Å². The van der Waals surface area contributed by atoms with E-state index in [4.69, 9.17) is 10.5 Å². The number of nitrogens with zero attached hydrogens (tertiary/aromatic N) is 3. The zero-order valence-electron chi connectivity index (χ0n) is 15.5. The Balaban J connectivity index is 1.69. The summed E-state index contributed by atoms with van der Waals surface area (Å²) in [5, 5.41) is 3.44. The van der Waals surface area contributed by atoms with Gasteiger partial charge in [0.2, 0.25) is 0 Å². The fraction of sp³-hybridized carbons (Fsp3) is 0.350. The molecular formula is C20H22N6O2. The number of imidazole rings is 1. The molecule has 0 fully saturated rings. The van der Waals surface area contributed by atoms with Crippen LogP contribution in [0.3, 0.4) is 0 Å². The highest BCUT2D eigenvalue weighted by Gasteiger charge is 2.18. The molecule has 0 unspecified atom stereocenters. The molecule has 5 rings (SSSR count). The van der Waals surface area contributed by atoms with Crippen molar-refractivity contribution in [1.82, 2.24) is 24.8 Å². The van der Waals surface area contributed by atoms with Crippen LogP contribution in [0.15, 0.2) is 29.1 Å². The number of hydrogen-bond donors (Lipinski definition) is 3. The predicted molar refractivity (Wildman–Crippen MR) is 106 cm³/mol. The van der Waals surface area contributed by atoms with Gasteiger partial charge in [-0.25, -0.2) is 4.79 Å². The average Bonchev–Trinajstić information content (AvgIpc) is 3.00. The monoisotopic (exact) mass is 378 g/mol. The molecule has 2 aromatic heterocycles. The molecular weight excluding hydrogens is 356 g/mol. The number of aromatic amines is 1. The molecule has 8 heteroatoms. The van der Waals surface area contributed by atoms with E-state index >= 15 is 0 Å². The second-order valence-electron chi connectivity index (χ2n) is 7.24. The molecule has 2 aliphatic rings. The van der Waals surface area contributed by atoms with Crippen molar-refractivity contribution in [3.8, 4) is 6.01 Å². The minimum Gasteiger partial charge on any atom is -0.463 e. The van der Waals surface area contributed by atoms with Gasteiger partial charge in [-0.15, -0.1) is 0 Å². The summed E-state index contributed by atoms with van der Waals surface area (Å²) in [5.74, 6) is 0.216. The third-order valence-electron chi connectivity index (χ3n) is 5.35. The van der Waals surface area contributed by atoms with E-state index in [2.05, 4.69) is 44.6 Å². The smallest absolute Gasteiger partial charge is 0.328 e. The number of fused-ring (bicyclic) bond motifs is 5. The lowest BCUT2D eigenvalue weighted by Crippen LogP contribution is -2.25. The molecule has 0 amide bonds. The van der Waals surface area contributed by atoms with Gasteiger partial charge >= 0.3 is 11.7 Å². The lowest BCUT2D eigenvalue weighted by atomic mass is 9.91. The summed E-state index contributed by atoms with van der Waals surface area (Å²) in [5.41, 5.74) is 11.8. The minimum atomic E-state index is -0.252. The zero-order chi connectivity index (χ0) is 19.1. The summed E-state index contributed by atoms with van der Waals surface area (Å²) < 4.78 is 7.25. The second kappa shape index (κ2) is 6.79. The first kappa shape index (κ1) is 17.0. The number of nitrogen functional groups attached to an aromatic ring is 1. The van der Waals surface area contributed by atoms with Crippen LogP contribution in [0.4, 0.5) is 5.82 Å². The first-order chi connectivity index (χ1) is 13.7. The number of hydrogen-bond acceptors (Lipinski definition) is 6. The molecule has 0 spiro atoms. The number of ether oxygens (including phenoxy) is 1. The maximum absolute atomic E-state index is 12.6. The van der Waals surface area contributed by atoms with Crippen LogP contribution in [0, 0.1) is 0 Å². The quantitative estimate of drug-likeness (QED) is 0.508. The highest BCUT2D eigenvalue weighted by Crippen LogP contribution is 2.24. The van der Waals surface area contributed by atoms with Crippen LogP contribution in [0.5, 0.6) is 6.01 Å². The maximum atomic E-state index is 12.6. The van der Waals surface area contributed by atoms with Gasteiger partial charge in [-0.1, -0.05) is 24.3 Å². The van der Waals surface area contributed by atoms with Crippen LogP contribution in [-0.4, -0.2) is 32.7 Å². The third kappa shape index (κ3) is 2.95. The van der Waals surface area contributed by atoms with E-state index in [1.165, 1.54) is 16.7 Å². The normalized spacial score (nSPS) is 17.7. The van der Waals surface area contributed by atoms with E-state index in [1.807, 2.05) is 0 Å². The van der Waals surface area contributed by atoms with E-state index in [-0.39, 0.29) is 17.5 Å². The van der Waals surface area contributed by atoms with E-state index in [1.54, 1.807) is 4.57 Å². The Kier molecular flexibility index (Phi) is 4.12. The van der Waals surface area contributed by atoms with Crippen LogP contribution in [0.25, 0.3) is 11.2 Å². The summed E-state index contributed by atoms with van der Waals surface area (Å²) in [4.78, 5) is 24.0. The third-order valence-corrected chi connectivity index (χ3v) is 5.35. The van der Waals surface area contributed by atoms with Gasteiger partial charge in [-0.2, -0.15) is 9.97 Å². The largest absolute Gasteiger partial charge is 0.463 e. The lowest BCUT2D eigenvalue weighted by Gasteiger charge is -2.22. The summed E-state index contributed by atoms with van der Waals surface area (Å²) in [6, 6.07) is 4.60. The van der Waals surface area contributed by atoms with E-state index in [0.717, 1.165) is 37.9 Å². The van der Waals surface area contributed by atoms with Gasteiger partial charge in [-0.3, -0.25) is 4.57 Å². The molecule has 0 saturated carbocycles. The Hall–Kier alpha value is -3.13. The molecule has 3 aromatic rings. The van der Waals surface area contributed by atoms with Gasteiger partial charge in [-0.05, 0) is 48.1 Å². The van der Waals surface area contributed by atoms with Crippen LogP contribution in [0.2, 0.25) is 0 Å². The SMILES string of the molecule is Nc1nc2nc3c1[nH]c(=O)n3Cc1cc(c3c(c1)CNCC3)C/C=C\CCO2. The van der Waals surface area contributed by atoms with Gasteiger partial charge in [0.05, 0.1) is 13.2 Å². The molecule has 2 aliphatic heterocycles. The molecule has 144 valence electrons. The predicted octanol–water partition coefficient (Wildman–Crippen LogP) is 1.28. The summed E-state index contributed by atoms with van der Waals surface area (Å²) >= 11 is 0. The minimum absolute atomic E-state index is 0.193. The lowest BCUT2D eigenvalue weighted by molar-refractivity contribution is 0.300. The molecule has 0 aliphatic carbocycles. The Labute approximate surface area is 161 Å². The molecule has 4 bridgehead atoms. The maximum Gasteiger partial charge on any atom is 0.328 e. The average molecular weight is 378 g/mol. The van der Waals surface area contributed by atoms with Crippen LogP contribution in [-0.2, 0) is 25.9 Å². The Morgan fingerprint density at radius 1 is 1.18 bits per heavy atom. The van der Waals surface area contributed by atoms with Crippen molar-refractivity contribution < 1.29 is 4.74 Å². The molecule has 28 heavy (non-hydrogen) atoms. The number of rotatable bonds is 0. The standard InChI is InChI=1S/C20H22N6O2/c21-17-16-18-25-19(24-17)28-7-3-1-2-4-13-8-12(11-26(18)20(27)23-16)9-14-10-22-6-5-15(13)14/h1-2,8-9,22H,3-7,10-11H2,(H,23,27)(H2,21,24,25)/b2-1-. The van der Waals surface area contributed by atoms with Crippen molar-refractivity contribution in [3.63, 3.8) is 0 Å². The first-order valence-corrected chi connectivity index (χ1v) is 9.57. The van der Waals surface area contributed by atoms with Crippen LogP contribution in [0.1, 0.15) is 28.7 Å². The molecule has 8 nitrogen and oxygen atoms in total. The van der Waals surface area contributed by atoms with Gasteiger partial charge in [0, 0.05) is 6.54 Å². The van der Waals surface area contributed by atoms with Crippen molar-refractivity contribution in [2.24, 2.45) is 0 Å². The zero-order valence-corrected chi connectivity index (χ0v) is 15.5. The number of aromatic nitrogens is 4. The fourth-order valence-corrected chi connectivity index (χ4v) is 4.03. The second-order valence-corrected chi connectivity index (χ2v) is 7.24. The van der Waals surface area contributed by atoms with E-state index in [0.29, 0.717) is 24.3 Å².